The third-order valence-corrected chi connectivity index (χ3v) is 8.90. The second-order valence-corrected chi connectivity index (χ2v) is 13.8. The quantitative estimate of drug-likeness (QED) is 0.0977. The Labute approximate surface area is 274 Å². The third kappa shape index (κ3) is 8.21. The van der Waals surface area contributed by atoms with Crippen molar-refractivity contribution in [1.82, 2.24) is 0 Å². The average molecular weight is 717 g/mol. The summed E-state index contributed by atoms with van der Waals surface area (Å²) < 4.78 is 157. The van der Waals surface area contributed by atoms with E-state index in [0.717, 1.165) is 61.6 Å². The van der Waals surface area contributed by atoms with E-state index < -0.39 is 67.9 Å². The van der Waals surface area contributed by atoms with Gasteiger partial charge in [-0.2, -0.15) is 8.78 Å². The standard InChI is InChI=1S/C36H27F11OS/c1-2-3-4-5-22-6-8-23(9-7-22)25-12-16-30(31(37)18-25)26-13-17-29(32(38)19-26)24-10-14-27(15-11-24)36(41,42)48-28-20-33(39)35(34(40)21-28)49(43,44,45,46)47/h6-21H,2-5H2,1H3. The molecule has 0 saturated heterocycles. The number of ether oxygens (including phenoxy) is 1. The Bertz CT molecular complexity index is 1970. The first-order chi connectivity index (χ1) is 22.8. The van der Waals surface area contributed by atoms with Crippen LogP contribution in [0.25, 0.3) is 33.4 Å². The van der Waals surface area contributed by atoms with E-state index in [0.29, 0.717) is 5.56 Å². The van der Waals surface area contributed by atoms with Gasteiger partial charge in [0.25, 0.3) is 0 Å². The number of aryl methyl sites for hydroxylation is 1. The van der Waals surface area contributed by atoms with Gasteiger partial charge in [0.05, 0.1) is 5.56 Å². The lowest BCUT2D eigenvalue weighted by Crippen LogP contribution is -2.22. The highest BCUT2D eigenvalue weighted by Crippen LogP contribution is 3.02. The van der Waals surface area contributed by atoms with E-state index in [1.54, 1.807) is 6.07 Å². The SMILES string of the molecule is CCCCCc1ccc(-c2ccc(-c3ccc(-c4ccc(C(F)(F)Oc5cc(F)c(S(F)(F)(F)(F)F)c(F)c5)cc4)c(F)c3)c(F)c2)cc1. The molecule has 260 valence electrons. The Morgan fingerprint density at radius 3 is 1.57 bits per heavy atom. The van der Waals surface area contributed by atoms with Crippen molar-refractivity contribution in [2.45, 2.75) is 43.6 Å². The first-order valence-corrected chi connectivity index (χ1v) is 16.8. The number of alkyl halides is 2. The lowest BCUT2D eigenvalue weighted by Gasteiger charge is -2.40. The molecule has 0 aliphatic carbocycles. The minimum absolute atomic E-state index is 0.0497. The molecule has 13 heteroatoms. The van der Waals surface area contributed by atoms with Crippen LogP contribution in [0.5, 0.6) is 5.75 Å². The van der Waals surface area contributed by atoms with Gasteiger partial charge in [0, 0.05) is 23.3 Å². The number of hydrogen-bond donors (Lipinski definition) is 0. The molecule has 5 aromatic rings. The maximum atomic E-state index is 15.2. The van der Waals surface area contributed by atoms with E-state index in [9.17, 15) is 37.0 Å². The summed E-state index contributed by atoms with van der Waals surface area (Å²) in [6, 6.07) is 19.0. The zero-order chi connectivity index (χ0) is 35.8. The second-order valence-electron chi connectivity index (χ2n) is 11.4. The summed E-state index contributed by atoms with van der Waals surface area (Å²) in [5.41, 5.74) is 2.06. The monoisotopic (exact) mass is 716 g/mol. The first kappa shape index (κ1) is 35.8. The fourth-order valence-corrected chi connectivity index (χ4v) is 6.16. The van der Waals surface area contributed by atoms with Gasteiger partial charge in [-0.05, 0) is 64.9 Å². The predicted octanol–water partition coefficient (Wildman–Crippen LogP) is 13.8. The molecule has 5 rings (SSSR count). The normalized spacial score (nSPS) is 13.6. The number of halogens is 11. The zero-order valence-corrected chi connectivity index (χ0v) is 26.4. The van der Waals surface area contributed by atoms with Gasteiger partial charge in [-0.3, -0.25) is 0 Å². The van der Waals surface area contributed by atoms with Crippen LogP contribution in [0, 0.1) is 23.3 Å². The molecule has 0 unspecified atom stereocenters. The van der Waals surface area contributed by atoms with Gasteiger partial charge in [0.1, 0.15) is 17.4 Å². The maximum Gasteiger partial charge on any atom is 0.426 e. The van der Waals surface area contributed by atoms with E-state index in [-0.39, 0.29) is 22.3 Å². The lowest BCUT2D eigenvalue weighted by molar-refractivity contribution is -0.185. The number of hydrogen-bond acceptors (Lipinski definition) is 1. The Morgan fingerprint density at radius 2 is 1.04 bits per heavy atom. The molecule has 0 aliphatic heterocycles. The molecular weight excluding hydrogens is 689 g/mol. The van der Waals surface area contributed by atoms with E-state index in [1.165, 1.54) is 29.8 Å². The molecule has 0 aliphatic rings. The van der Waals surface area contributed by atoms with Crippen molar-refractivity contribution >= 4 is 10.2 Å². The zero-order valence-electron chi connectivity index (χ0n) is 25.5. The second kappa shape index (κ2) is 12.4. The summed E-state index contributed by atoms with van der Waals surface area (Å²) in [6.45, 7) is 2.13. The van der Waals surface area contributed by atoms with Gasteiger partial charge in [-0.1, -0.05) is 99.9 Å². The van der Waals surface area contributed by atoms with Crippen LogP contribution in [0.15, 0.2) is 102 Å². The molecule has 0 radical (unpaired) electrons. The lowest BCUT2D eigenvalue weighted by atomic mass is 9.96. The van der Waals surface area contributed by atoms with Gasteiger partial charge < -0.3 is 4.74 Å². The molecule has 0 heterocycles. The van der Waals surface area contributed by atoms with Gasteiger partial charge >= 0.3 is 16.3 Å². The number of benzene rings is 5. The van der Waals surface area contributed by atoms with Crippen molar-refractivity contribution in [3.05, 3.63) is 131 Å². The number of rotatable bonds is 11. The molecule has 49 heavy (non-hydrogen) atoms. The van der Waals surface area contributed by atoms with E-state index in [1.807, 2.05) is 24.3 Å². The van der Waals surface area contributed by atoms with Gasteiger partial charge in [0.2, 0.25) is 0 Å². The predicted molar refractivity (Wildman–Crippen MR) is 168 cm³/mol. The maximum absolute atomic E-state index is 15.2. The van der Waals surface area contributed by atoms with E-state index >= 15 is 8.78 Å². The average Bonchev–Trinajstić information content (AvgIpc) is 2.99. The third-order valence-electron chi connectivity index (χ3n) is 7.74. The van der Waals surface area contributed by atoms with Crippen LogP contribution < -0.4 is 4.74 Å². The molecule has 5 aromatic carbocycles. The Morgan fingerprint density at radius 1 is 0.551 bits per heavy atom. The van der Waals surface area contributed by atoms with Crippen LogP contribution in [0.3, 0.4) is 0 Å². The Balaban J connectivity index is 1.31. The van der Waals surface area contributed by atoms with Crippen molar-refractivity contribution in [2.24, 2.45) is 0 Å². The van der Waals surface area contributed by atoms with Crippen LogP contribution >= 0.6 is 10.2 Å². The highest BCUT2D eigenvalue weighted by atomic mass is 32.5. The van der Waals surface area contributed by atoms with Crippen molar-refractivity contribution in [3.63, 3.8) is 0 Å². The summed E-state index contributed by atoms with van der Waals surface area (Å²) >= 11 is 0. The molecule has 0 N–H and O–H groups in total. The Hall–Kier alpha value is -4.52. The molecule has 0 atom stereocenters. The van der Waals surface area contributed by atoms with Gasteiger partial charge in [0.15, 0.2) is 16.5 Å². The molecule has 0 bridgehead atoms. The largest absolute Gasteiger partial charge is 0.429 e. The summed E-state index contributed by atoms with van der Waals surface area (Å²) in [5.74, 6) is -8.57. The van der Waals surface area contributed by atoms with Gasteiger partial charge in [-0.25, -0.2) is 17.6 Å². The fourth-order valence-electron chi connectivity index (χ4n) is 5.30. The van der Waals surface area contributed by atoms with Crippen molar-refractivity contribution in [2.75, 3.05) is 0 Å². The summed E-state index contributed by atoms with van der Waals surface area (Å²) in [5, 5.41) is 0. The molecule has 1 nitrogen and oxygen atoms in total. The molecular formula is C36H27F11OS. The van der Waals surface area contributed by atoms with Crippen LogP contribution in [0.2, 0.25) is 0 Å². The Kier molecular flexibility index (Phi) is 9.07. The van der Waals surface area contributed by atoms with Crippen LogP contribution in [-0.4, -0.2) is 0 Å². The molecule has 0 fully saturated rings. The topological polar surface area (TPSA) is 9.23 Å². The van der Waals surface area contributed by atoms with Crippen molar-refractivity contribution in [1.29, 1.82) is 0 Å². The molecule has 0 amide bonds. The molecule has 0 aromatic heterocycles. The van der Waals surface area contributed by atoms with E-state index in [2.05, 4.69) is 11.7 Å². The highest BCUT2D eigenvalue weighted by Gasteiger charge is 2.69. The van der Waals surface area contributed by atoms with Crippen LogP contribution in [0.1, 0.15) is 37.3 Å². The summed E-state index contributed by atoms with van der Waals surface area (Å²) in [6.07, 6.45) is -0.108. The molecule has 0 saturated carbocycles. The van der Waals surface area contributed by atoms with Crippen molar-refractivity contribution in [3.8, 4) is 39.1 Å². The van der Waals surface area contributed by atoms with E-state index in [4.69, 9.17) is 0 Å². The minimum Gasteiger partial charge on any atom is -0.429 e. The van der Waals surface area contributed by atoms with Crippen molar-refractivity contribution < 1.29 is 50.5 Å². The van der Waals surface area contributed by atoms with Gasteiger partial charge in [-0.15, -0.1) is 0 Å². The molecule has 0 spiro atoms. The first-order valence-electron chi connectivity index (χ1n) is 14.9. The summed E-state index contributed by atoms with van der Waals surface area (Å²) in [7, 11) is -10.8. The summed E-state index contributed by atoms with van der Waals surface area (Å²) in [4.78, 5) is -3.48. The number of unbranched alkanes of at least 4 members (excludes halogenated alkanes) is 2. The smallest absolute Gasteiger partial charge is 0.426 e. The van der Waals surface area contributed by atoms with Crippen LogP contribution in [0.4, 0.5) is 45.8 Å². The van der Waals surface area contributed by atoms with Crippen LogP contribution in [-0.2, 0) is 12.5 Å². The minimum atomic E-state index is -10.8. The fraction of sp³-hybridized carbons (Fsp3) is 0.167. The highest BCUT2D eigenvalue weighted by molar-refractivity contribution is 8.45.